The molecule has 2 aliphatic rings. The second-order valence-electron chi connectivity index (χ2n) is 10.2. The van der Waals surface area contributed by atoms with Crippen LogP contribution in [0.1, 0.15) is 36.2 Å². The van der Waals surface area contributed by atoms with Gasteiger partial charge < -0.3 is 24.4 Å². The van der Waals surface area contributed by atoms with Gasteiger partial charge in [-0.2, -0.15) is 5.10 Å². The highest BCUT2D eigenvalue weighted by molar-refractivity contribution is 5.91. The summed E-state index contributed by atoms with van der Waals surface area (Å²) in [6.45, 7) is 1.81. The highest BCUT2D eigenvalue weighted by Gasteiger charge is 2.36. The van der Waals surface area contributed by atoms with Gasteiger partial charge in [-0.15, -0.1) is 0 Å². The molecule has 12 nitrogen and oxygen atoms in total. The van der Waals surface area contributed by atoms with Crippen LogP contribution in [0, 0.1) is 5.82 Å². The Morgan fingerprint density at radius 3 is 2.51 bits per heavy atom. The number of anilines is 1. The fraction of sp³-hybridized carbons (Fsp3) is 0.423. The lowest BCUT2D eigenvalue weighted by atomic mass is 9.91. The molecule has 0 aliphatic carbocycles. The Bertz CT molecular complexity index is 1550. The van der Waals surface area contributed by atoms with E-state index in [1.165, 1.54) is 40.1 Å². The number of hydrogen-bond acceptors (Lipinski definition) is 9. The predicted molar refractivity (Wildman–Crippen MR) is 137 cm³/mol. The molecule has 2 aliphatic heterocycles. The molecule has 0 unspecified atom stereocenters. The third-order valence-electron chi connectivity index (χ3n) is 7.51. The van der Waals surface area contributed by atoms with Crippen molar-refractivity contribution in [3.05, 3.63) is 64.9 Å². The molecule has 0 spiro atoms. The van der Waals surface area contributed by atoms with Crippen LogP contribution < -0.4 is 10.5 Å². The van der Waals surface area contributed by atoms with Crippen LogP contribution in [0.2, 0.25) is 0 Å². The zero-order valence-corrected chi connectivity index (χ0v) is 21.1. The Balaban J connectivity index is 1.11. The molecule has 2 N–H and O–H groups in total. The van der Waals surface area contributed by atoms with E-state index in [2.05, 4.69) is 15.1 Å². The summed E-state index contributed by atoms with van der Waals surface area (Å²) in [6, 6.07) is 6.07. The molecule has 1 amide bonds. The van der Waals surface area contributed by atoms with E-state index in [-0.39, 0.29) is 67.0 Å². The zero-order chi connectivity index (χ0) is 27.1. The maximum atomic E-state index is 13.3. The van der Waals surface area contributed by atoms with Crippen molar-refractivity contribution < 1.29 is 23.8 Å². The highest BCUT2D eigenvalue weighted by Crippen LogP contribution is 2.27. The molecular formula is C26H28FN7O5. The fourth-order valence-electron chi connectivity index (χ4n) is 5.16. The zero-order valence-electron chi connectivity index (χ0n) is 21.1. The van der Waals surface area contributed by atoms with Crippen molar-refractivity contribution in [1.29, 1.82) is 0 Å². The number of piperidine rings is 2. The van der Waals surface area contributed by atoms with Gasteiger partial charge in [0.25, 0.3) is 17.5 Å². The average Bonchev–Trinajstić information content (AvgIpc) is 3.60. The summed E-state index contributed by atoms with van der Waals surface area (Å²) >= 11 is 0. The minimum Gasteiger partial charge on any atom is -0.418 e. The van der Waals surface area contributed by atoms with Crippen LogP contribution in [-0.4, -0.2) is 83.2 Å². The third kappa shape index (κ3) is 4.90. The molecule has 0 atom stereocenters. The molecule has 4 aromatic rings. The molecule has 0 bridgehead atoms. The number of benzene rings is 1. The number of aliphatic hydroxyl groups excluding tert-OH is 1. The van der Waals surface area contributed by atoms with Gasteiger partial charge in [0.15, 0.2) is 5.65 Å². The lowest BCUT2D eigenvalue weighted by Crippen LogP contribution is -2.49. The summed E-state index contributed by atoms with van der Waals surface area (Å²) in [7, 11) is 0. The number of carbonyl (C=O) groups is 1. The number of likely N-dealkylation sites (tertiary alicyclic amines) is 1. The van der Waals surface area contributed by atoms with E-state index in [1.54, 1.807) is 17.0 Å². The molecule has 0 radical (unpaired) electrons. The Morgan fingerprint density at radius 2 is 1.79 bits per heavy atom. The minimum atomic E-state index is -1.20. The summed E-state index contributed by atoms with van der Waals surface area (Å²) in [6.07, 6.45) is 5.65. The number of carbonyl (C=O) groups excluding carboxylic acids is 1. The van der Waals surface area contributed by atoms with E-state index in [9.17, 15) is 24.2 Å². The smallest absolute Gasteiger partial charge is 0.297 e. The van der Waals surface area contributed by atoms with Gasteiger partial charge in [-0.3, -0.25) is 14.2 Å². The van der Waals surface area contributed by atoms with Crippen LogP contribution in [0.15, 0.2) is 52.2 Å². The van der Waals surface area contributed by atoms with Gasteiger partial charge in [-0.25, -0.2) is 19.0 Å². The van der Waals surface area contributed by atoms with Crippen LogP contribution in [-0.2, 0) is 6.54 Å². The van der Waals surface area contributed by atoms with E-state index in [4.69, 9.17) is 4.42 Å². The first-order valence-electron chi connectivity index (χ1n) is 12.9. The first-order chi connectivity index (χ1) is 18.8. The molecule has 6 rings (SSSR count). The maximum Gasteiger partial charge on any atom is 0.297 e. The van der Waals surface area contributed by atoms with Crippen molar-refractivity contribution in [3.63, 3.8) is 0 Å². The molecule has 2 saturated heterocycles. The second kappa shape index (κ2) is 9.89. The van der Waals surface area contributed by atoms with Gasteiger partial charge in [0.1, 0.15) is 17.5 Å². The van der Waals surface area contributed by atoms with Crippen molar-refractivity contribution in [3.8, 4) is 5.69 Å². The number of oxazole rings is 1. The molecule has 2 fully saturated rings. The standard InChI is InChI=1S/C26H28FN7O5/c27-17-1-3-18(4-2-17)34-22-20(13-30-34)23(36)33(16-29-22)15-26(38)7-11-31(12-8-26)24(37)21-14-28-25(39-21)32-9-5-19(35)6-10-32/h1-4,13-14,16,19,35,38H,5-12,15H2. The van der Waals surface area contributed by atoms with Gasteiger partial charge in [0.2, 0.25) is 5.76 Å². The molecule has 39 heavy (non-hydrogen) atoms. The summed E-state index contributed by atoms with van der Waals surface area (Å²) in [4.78, 5) is 38.3. The summed E-state index contributed by atoms with van der Waals surface area (Å²) in [5, 5.41) is 25.5. The topological polar surface area (TPSA) is 143 Å². The third-order valence-corrected chi connectivity index (χ3v) is 7.51. The van der Waals surface area contributed by atoms with E-state index in [1.807, 2.05) is 4.90 Å². The monoisotopic (exact) mass is 537 g/mol. The minimum absolute atomic E-state index is 0.0196. The first-order valence-corrected chi connectivity index (χ1v) is 12.9. The van der Waals surface area contributed by atoms with Crippen LogP contribution in [0.4, 0.5) is 10.4 Å². The first kappa shape index (κ1) is 25.2. The van der Waals surface area contributed by atoms with Crippen molar-refractivity contribution in [2.24, 2.45) is 0 Å². The number of halogens is 1. The number of rotatable bonds is 5. The summed E-state index contributed by atoms with van der Waals surface area (Å²) in [5.41, 5.74) is -0.646. The van der Waals surface area contributed by atoms with E-state index in [0.29, 0.717) is 43.3 Å². The number of fused-ring (bicyclic) bond motifs is 1. The van der Waals surface area contributed by atoms with E-state index < -0.39 is 5.60 Å². The van der Waals surface area contributed by atoms with Gasteiger partial charge in [-0.05, 0) is 49.9 Å². The van der Waals surface area contributed by atoms with Crippen molar-refractivity contribution in [1.82, 2.24) is 29.2 Å². The van der Waals surface area contributed by atoms with Crippen LogP contribution in [0.5, 0.6) is 0 Å². The molecule has 3 aromatic heterocycles. The Hall–Kier alpha value is -4.10. The summed E-state index contributed by atoms with van der Waals surface area (Å²) < 4.78 is 21.8. The molecular weight excluding hydrogens is 509 g/mol. The highest BCUT2D eigenvalue weighted by atomic mass is 19.1. The van der Waals surface area contributed by atoms with E-state index >= 15 is 0 Å². The summed E-state index contributed by atoms with van der Waals surface area (Å²) in [5.74, 6) is -0.553. The second-order valence-corrected chi connectivity index (χ2v) is 10.2. The normalized spacial score (nSPS) is 18.1. The number of hydrogen-bond donors (Lipinski definition) is 2. The molecule has 13 heteroatoms. The maximum absolute atomic E-state index is 13.3. The SMILES string of the molecule is O=C(c1cnc(N2CCC(O)CC2)o1)N1CCC(O)(Cn2cnc3c(cnn3-c3ccc(F)cc3)c2=O)CC1. The Labute approximate surface area is 221 Å². The van der Waals surface area contributed by atoms with Crippen LogP contribution >= 0.6 is 0 Å². The van der Waals surface area contributed by atoms with Crippen molar-refractivity contribution in [2.45, 2.75) is 43.9 Å². The predicted octanol–water partition coefficient (Wildman–Crippen LogP) is 1.34. The molecule has 1 aromatic carbocycles. The van der Waals surface area contributed by atoms with E-state index in [0.717, 1.165) is 0 Å². The fourth-order valence-corrected chi connectivity index (χ4v) is 5.16. The lowest BCUT2D eigenvalue weighted by molar-refractivity contribution is -0.0304. The lowest BCUT2D eigenvalue weighted by Gasteiger charge is -2.38. The van der Waals surface area contributed by atoms with Crippen LogP contribution in [0.25, 0.3) is 16.7 Å². The van der Waals surface area contributed by atoms with Crippen LogP contribution in [0.3, 0.4) is 0 Å². The van der Waals surface area contributed by atoms with Crippen molar-refractivity contribution >= 4 is 23.0 Å². The quantitative estimate of drug-likeness (QED) is 0.386. The number of aliphatic hydroxyl groups is 2. The Morgan fingerprint density at radius 1 is 1.08 bits per heavy atom. The van der Waals surface area contributed by atoms with Gasteiger partial charge in [-0.1, -0.05) is 0 Å². The van der Waals surface area contributed by atoms with Gasteiger partial charge >= 0.3 is 0 Å². The number of nitrogens with zero attached hydrogens (tertiary/aromatic N) is 7. The molecule has 5 heterocycles. The van der Waals surface area contributed by atoms with Gasteiger partial charge in [0, 0.05) is 26.2 Å². The number of aromatic nitrogens is 5. The van der Waals surface area contributed by atoms with Crippen molar-refractivity contribution in [2.75, 3.05) is 31.1 Å². The van der Waals surface area contributed by atoms with Gasteiger partial charge in [0.05, 0.1) is 36.3 Å². The molecule has 204 valence electrons. The number of amides is 1. The Kier molecular flexibility index (Phi) is 6.39. The largest absolute Gasteiger partial charge is 0.418 e. The molecule has 0 saturated carbocycles. The average molecular weight is 538 g/mol.